The summed E-state index contributed by atoms with van der Waals surface area (Å²) in [6.45, 7) is 3.53. The second kappa shape index (κ2) is 4.71. The fraction of sp³-hybridized carbons (Fsp3) is 0.538. The number of hydrogen-bond donors (Lipinski definition) is 0. The van der Waals surface area contributed by atoms with E-state index in [-0.39, 0.29) is 23.7 Å². The lowest BCUT2D eigenvalue weighted by Gasteiger charge is -2.19. The highest BCUT2D eigenvalue weighted by atomic mass is 19.4. The first-order valence-electron chi connectivity index (χ1n) is 5.91. The van der Waals surface area contributed by atoms with Gasteiger partial charge in [-0.1, -0.05) is 6.07 Å². The highest BCUT2D eigenvalue weighted by molar-refractivity contribution is 5.48. The minimum atomic E-state index is -4.43. The van der Waals surface area contributed by atoms with Crippen molar-refractivity contribution in [2.75, 3.05) is 0 Å². The molecular formula is C13H15F3O2. The van der Waals surface area contributed by atoms with Crippen LogP contribution in [-0.2, 0) is 6.18 Å². The zero-order chi connectivity index (χ0) is 13.3. The van der Waals surface area contributed by atoms with Crippen molar-refractivity contribution in [3.05, 3.63) is 23.8 Å². The topological polar surface area (TPSA) is 18.5 Å². The van der Waals surface area contributed by atoms with Gasteiger partial charge in [-0.15, -0.1) is 0 Å². The van der Waals surface area contributed by atoms with Gasteiger partial charge in [0.2, 0.25) is 0 Å². The van der Waals surface area contributed by atoms with E-state index in [9.17, 15) is 13.2 Å². The van der Waals surface area contributed by atoms with Gasteiger partial charge in [-0.2, -0.15) is 13.2 Å². The molecular weight excluding hydrogens is 245 g/mol. The number of halogens is 3. The summed E-state index contributed by atoms with van der Waals surface area (Å²) in [5.74, 6) is -0.0204. The molecule has 0 heterocycles. The van der Waals surface area contributed by atoms with Crippen LogP contribution in [0.2, 0.25) is 0 Å². The minimum Gasteiger partial charge on any atom is -0.487 e. The number of benzene rings is 1. The molecule has 0 bridgehead atoms. The van der Waals surface area contributed by atoms with Crippen molar-refractivity contribution in [1.29, 1.82) is 0 Å². The molecule has 0 radical (unpaired) electrons. The fourth-order valence-electron chi connectivity index (χ4n) is 1.56. The second-order valence-electron chi connectivity index (χ2n) is 4.61. The molecule has 18 heavy (non-hydrogen) atoms. The Labute approximate surface area is 104 Å². The molecule has 1 aromatic carbocycles. The third-order valence-electron chi connectivity index (χ3n) is 2.46. The van der Waals surface area contributed by atoms with Crippen LogP contribution >= 0.6 is 0 Å². The third kappa shape index (κ3) is 3.09. The smallest absolute Gasteiger partial charge is 0.420 e. The van der Waals surface area contributed by atoms with Crippen LogP contribution in [0.3, 0.4) is 0 Å². The molecule has 0 saturated heterocycles. The maximum atomic E-state index is 12.9. The van der Waals surface area contributed by atoms with E-state index in [0.717, 1.165) is 18.9 Å². The summed E-state index contributed by atoms with van der Waals surface area (Å²) in [5.41, 5.74) is -0.771. The lowest BCUT2D eigenvalue weighted by molar-refractivity contribution is -0.139. The summed E-state index contributed by atoms with van der Waals surface area (Å²) in [4.78, 5) is 0. The van der Waals surface area contributed by atoms with Crippen molar-refractivity contribution in [3.63, 3.8) is 0 Å². The molecule has 1 aliphatic carbocycles. The minimum absolute atomic E-state index is 0.108. The van der Waals surface area contributed by atoms with Gasteiger partial charge in [-0.05, 0) is 38.8 Å². The normalized spacial score (nSPS) is 15.9. The van der Waals surface area contributed by atoms with Gasteiger partial charge >= 0.3 is 6.18 Å². The molecule has 1 fully saturated rings. The lowest BCUT2D eigenvalue weighted by Crippen LogP contribution is -2.13. The van der Waals surface area contributed by atoms with E-state index in [1.54, 1.807) is 13.8 Å². The van der Waals surface area contributed by atoms with Crippen molar-refractivity contribution in [2.24, 2.45) is 0 Å². The molecule has 1 aliphatic rings. The van der Waals surface area contributed by atoms with Gasteiger partial charge < -0.3 is 9.47 Å². The number of alkyl halides is 3. The van der Waals surface area contributed by atoms with Crippen molar-refractivity contribution in [2.45, 2.75) is 45.1 Å². The molecule has 0 aromatic heterocycles. The van der Waals surface area contributed by atoms with Gasteiger partial charge in [0.15, 0.2) is 11.5 Å². The maximum Gasteiger partial charge on any atom is 0.420 e. The Morgan fingerprint density at radius 2 is 1.89 bits per heavy atom. The highest BCUT2D eigenvalue weighted by Crippen LogP contribution is 2.44. The second-order valence-corrected chi connectivity index (χ2v) is 4.61. The van der Waals surface area contributed by atoms with Crippen LogP contribution in [0.1, 0.15) is 32.3 Å². The summed E-state index contributed by atoms with van der Waals surface area (Å²) in [6.07, 6.45) is -3.14. The van der Waals surface area contributed by atoms with Gasteiger partial charge in [0, 0.05) is 0 Å². The van der Waals surface area contributed by atoms with Crippen LogP contribution in [0.25, 0.3) is 0 Å². The zero-order valence-corrected chi connectivity index (χ0v) is 10.3. The number of rotatable bonds is 4. The Morgan fingerprint density at radius 3 is 2.39 bits per heavy atom. The van der Waals surface area contributed by atoms with Gasteiger partial charge in [0.25, 0.3) is 0 Å². The molecule has 0 atom stereocenters. The van der Waals surface area contributed by atoms with Crippen LogP contribution < -0.4 is 9.47 Å². The summed E-state index contributed by atoms with van der Waals surface area (Å²) in [7, 11) is 0. The molecule has 0 spiro atoms. The van der Waals surface area contributed by atoms with Crippen molar-refractivity contribution >= 4 is 0 Å². The predicted octanol–water partition coefficient (Wildman–Crippen LogP) is 4.03. The summed E-state index contributed by atoms with van der Waals surface area (Å²) in [6, 6.07) is 3.86. The Kier molecular flexibility index (Phi) is 3.41. The molecule has 2 rings (SSSR count). The van der Waals surface area contributed by atoms with E-state index in [1.807, 2.05) is 0 Å². The van der Waals surface area contributed by atoms with Gasteiger partial charge in [0.05, 0.1) is 12.2 Å². The van der Waals surface area contributed by atoms with Crippen LogP contribution in [-0.4, -0.2) is 12.2 Å². The van der Waals surface area contributed by atoms with Crippen LogP contribution in [0, 0.1) is 0 Å². The first kappa shape index (κ1) is 13.1. The molecule has 0 aliphatic heterocycles. The Morgan fingerprint density at radius 1 is 1.22 bits per heavy atom. The summed E-state index contributed by atoms with van der Waals surface area (Å²) < 4.78 is 49.5. The fourth-order valence-corrected chi connectivity index (χ4v) is 1.56. The Hall–Kier alpha value is -1.39. The predicted molar refractivity (Wildman–Crippen MR) is 60.9 cm³/mol. The molecule has 5 heteroatoms. The molecule has 1 aromatic rings. The van der Waals surface area contributed by atoms with Gasteiger partial charge in [0.1, 0.15) is 5.56 Å². The van der Waals surface area contributed by atoms with Crippen molar-refractivity contribution < 1.29 is 22.6 Å². The van der Waals surface area contributed by atoms with Crippen molar-refractivity contribution in [1.82, 2.24) is 0 Å². The van der Waals surface area contributed by atoms with E-state index < -0.39 is 11.7 Å². The standard InChI is InChI=1S/C13H15F3O2/c1-8(2)17-11-5-3-4-10(13(14,15)16)12(11)18-9-6-7-9/h3-5,8-9H,6-7H2,1-2H3. The zero-order valence-electron chi connectivity index (χ0n) is 10.3. The monoisotopic (exact) mass is 260 g/mol. The lowest BCUT2D eigenvalue weighted by atomic mass is 10.1. The molecule has 1 saturated carbocycles. The van der Waals surface area contributed by atoms with E-state index in [4.69, 9.17) is 9.47 Å². The summed E-state index contributed by atoms with van der Waals surface area (Å²) in [5, 5.41) is 0. The molecule has 0 amide bonds. The van der Waals surface area contributed by atoms with Crippen LogP contribution in [0.15, 0.2) is 18.2 Å². The van der Waals surface area contributed by atoms with E-state index >= 15 is 0 Å². The molecule has 2 nitrogen and oxygen atoms in total. The largest absolute Gasteiger partial charge is 0.487 e. The quantitative estimate of drug-likeness (QED) is 0.813. The number of para-hydroxylation sites is 1. The SMILES string of the molecule is CC(C)Oc1cccc(C(F)(F)F)c1OC1CC1. The first-order chi connectivity index (χ1) is 8.38. The number of hydrogen-bond acceptors (Lipinski definition) is 2. The number of ether oxygens (including phenoxy) is 2. The van der Waals surface area contributed by atoms with Crippen LogP contribution in [0.5, 0.6) is 11.5 Å². The molecule has 0 N–H and O–H groups in total. The van der Waals surface area contributed by atoms with Gasteiger partial charge in [-0.3, -0.25) is 0 Å². The van der Waals surface area contributed by atoms with E-state index in [0.29, 0.717) is 0 Å². The van der Waals surface area contributed by atoms with Crippen LogP contribution in [0.4, 0.5) is 13.2 Å². The average Bonchev–Trinajstić information content (AvgIpc) is 3.02. The average molecular weight is 260 g/mol. The summed E-state index contributed by atoms with van der Waals surface area (Å²) >= 11 is 0. The maximum absolute atomic E-state index is 12.9. The molecule has 100 valence electrons. The first-order valence-corrected chi connectivity index (χ1v) is 5.91. The molecule has 0 unspecified atom stereocenters. The van der Waals surface area contributed by atoms with E-state index in [1.165, 1.54) is 12.1 Å². The van der Waals surface area contributed by atoms with Gasteiger partial charge in [-0.25, -0.2) is 0 Å². The Bertz CT molecular complexity index is 423. The highest BCUT2D eigenvalue weighted by Gasteiger charge is 2.38. The Balaban J connectivity index is 2.38. The van der Waals surface area contributed by atoms with Crippen molar-refractivity contribution in [3.8, 4) is 11.5 Å². The third-order valence-corrected chi connectivity index (χ3v) is 2.46. The van der Waals surface area contributed by atoms with E-state index in [2.05, 4.69) is 0 Å².